The molecule has 2 aromatic rings. The normalized spacial score (nSPS) is 20.1. The molecule has 0 spiro atoms. The molecule has 33 heavy (non-hydrogen) atoms. The third-order valence-corrected chi connectivity index (χ3v) is 9.56. The first kappa shape index (κ1) is 24.5. The number of fused-ring (bicyclic) bond motifs is 1. The summed E-state index contributed by atoms with van der Waals surface area (Å²) in [5, 5.41) is 0.295. The van der Waals surface area contributed by atoms with E-state index in [0.29, 0.717) is 30.1 Å². The van der Waals surface area contributed by atoms with Gasteiger partial charge in [0, 0.05) is 25.7 Å². The van der Waals surface area contributed by atoms with Crippen molar-refractivity contribution in [2.75, 3.05) is 33.3 Å². The van der Waals surface area contributed by atoms with Gasteiger partial charge in [0.2, 0.25) is 10.0 Å². The topological polar surface area (TPSA) is 49.9 Å². The van der Waals surface area contributed by atoms with Crippen molar-refractivity contribution in [3.8, 4) is 5.75 Å². The molecular formula is C26H35ClN2O3S. The van der Waals surface area contributed by atoms with E-state index in [1.54, 1.807) is 35.7 Å². The van der Waals surface area contributed by atoms with Gasteiger partial charge in [0.05, 0.1) is 12.1 Å². The van der Waals surface area contributed by atoms with Gasteiger partial charge in [-0.25, -0.2) is 8.42 Å². The van der Waals surface area contributed by atoms with Gasteiger partial charge in [-0.3, -0.25) is 4.90 Å². The molecule has 1 aliphatic heterocycles. The molecule has 2 aliphatic rings. The highest BCUT2D eigenvalue weighted by molar-refractivity contribution is 7.89. The van der Waals surface area contributed by atoms with Crippen LogP contribution in [-0.4, -0.2) is 57.0 Å². The van der Waals surface area contributed by atoms with E-state index in [0.717, 1.165) is 50.9 Å². The molecule has 1 unspecified atom stereocenters. The minimum atomic E-state index is -3.54. The van der Waals surface area contributed by atoms with Gasteiger partial charge in [0.15, 0.2) is 0 Å². The van der Waals surface area contributed by atoms with Crippen LogP contribution in [-0.2, 0) is 22.9 Å². The van der Waals surface area contributed by atoms with Crippen LogP contribution in [0, 0.1) is 5.92 Å². The van der Waals surface area contributed by atoms with Crippen molar-refractivity contribution in [3.05, 3.63) is 58.6 Å². The highest BCUT2D eigenvalue weighted by atomic mass is 35.5. The Morgan fingerprint density at radius 2 is 1.85 bits per heavy atom. The molecule has 0 bridgehead atoms. The van der Waals surface area contributed by atoms with E-state index in [1.165, 1.54) is 17.5 Å². The summed E-state index contributed by atoms with van der Waals surface area (Å²) in [7, 11) is -1.81. The van der Waals surface area contributed by atoms with Gasteiger partial charge < -0.3 is 4.74 Å². The van der Waals surface area contributed by atoms with Gasteiger partial charge in [-0.15, -0.1) is 0 Å². The van der Waals surface area contributed by atoms with Gasteiger partial charge in [-0.05, 0) is 86.4 Å². The van der Waals surface area contributed by atoms with Crippen LogP contribution in [0.5, 0.6) is 5.75 Å². The zero-order valence-corrected chi connectivity index (χ0v) is 21.2. The largest absolute Gasteiger partial charge is 0.497 e. The number of piperidine rings is 1. The number of benzene rings is 2. The molecule has 0 aromatic heterocycles. The van der Waals surface area contributed by atoms with E-state index in [-0.39, 0.29) is 4.90 Å². The molecule has 2 aromatic carbocycles. The Hall–Kier alpha value is -1.60. The fourth-order valence-electron chi connectivity index (χ4n) is 5.32. The van der Waals surface area contributed by atoms with Crippen LogP contribution in [0.1, 0.15) is 43.7 Å². The van der Waals surface area contributed by atoms with Crippen LogP contribution in [0.15, 0.2) is 47.4 Å². The van der Waals surface area contributed by atoms with Gasteiger partial charge in [0.1, 0.15) is 10.6 Å². The summed E-state index contributed by atoms with van der Waals surface area (Å²) in [5.74, 6) is 1.46. The summed E-state index contributed by atoms with van der Waals surface area (Å²) in [5.41, 5.74) is 2.86. The van der Waals surface area contributed by atoms with E-state index in [4.69, 9.17) is 16.3 Å². The smallest absolute Gasteiger partial charge is 0.244 e. The minimum absolute atomic E-state index is 0.218. The molecule has 180 valence electrons. The standard InChI is InChI=1S/C26H35ClN2O3S/c1-3-14-28(23-10-8-22-18-24(32-2)11-9-21(22)17-23)19-20-12-15-29(16-13-20)33(30,31)26-7-5-4-6-25(26)27/h4-7,9,11,18,20,23H,3,8,10,12-17,19H2,1-2H3. The Bertz CT molecular complexity index is 1050. The van der Waals surface area contributed by atoms with E-state index in [1.807, 2.05) is 0 Å². The minimum Gasteiger partial charge on any atom is -0.497 e. The quantitative estimate of drug-likeness (QED) is 0.521. The van der Waals surface area contributed by atoms with Crippen molar-refractivity contribution >= 4 is 21.6 Å². The molecule has 1 atom stereocenters. The Balaban J connectivity index is 1.37. The van der Waals surface area contributed by atoms with Crippen molar-refractivity contribution in [2.45, 2.75) is 56.4 Å². The van der Waals surface area contributed by atoms with Gasteiger partial charge in [-0.1, -0.05) is 36.7 Å². The van der Waals surface area contributed by atoms with Crippen LogP contribution < -0.4 is 4.74 Å². The summed E-state index contributed by atoms with van der Waals surface area (Å²) in [6.07, 6.45) is 6.26. The first-order valence-electron chi connectivity index (χ1n) is 12.1. The third-order valence-electron chi connectivity index (χ3n) is 7.16. The zero-order chi connectivity index (χ0) is 23.4. The second kappa shape index (κ2) is 10.8. The monoisotopic (exact) mass is 490 g/mol. The van der Waals surface area contributed by atoms with E-state index >= 15 is 0 Å². The maximum Gasteiger partial charge on any atom is 0.244 e. The second-order valence-corrected chi connectivity index (χ2v) is 11.6. The van der Waals surface area contributed by atoms with Gasteiger partial charge in [0.25, 0.3) is 0 Å². The molecule has 1 saturated heterocycles. The average Bonchev–Trinajstić information content (AvgIpc) is 2.83. The predicted octanol–water partition coefficient (Wildman–Crippen LogP) is 5.02. The summed E-state index contributed by atoms with van der Waals surface area (Å²) in [4.78, 5) is 2.88. The Morgan fingerprint density at radius 1 is 1.09 bits per heavy atom. The number of hydrogen-bond acceptors (Lipinski definition) is 4. The zero-order valence-electron chi connectivity index (χ0n) is 19.7. The number of ether oxygens (including phenoxy) is 1. The molecule has 7 heteroatoms. The number of hydrogen-bond donors (Lipinski definition) is 0. The average molecular weight is 491 g/mol. The lowest BCUT2D eigenvalue weighted by molar-refractivity contribution is 0.129. The molecule has 1 fully saturated rings. The Kier molecular flexibility index (Phi) is 8.00. The van der Waals surface area contributed by atoms with E-state index < -0.39 is 10.0 Å². The summed E-state index contributed by atoms with van der Waals surface area (Å²) in [6, 6.07) is 13.8. The van der Waals surface area contributed by atoms with Gasteiger partial charge in [-0.2, -0.15) is 4.31 Å². The number of nitrogens with zero attached hydrogens (tertiary/aromatic N) is 2. The molecule has 0 N–H and O–H groups in total. The number of methoxy groups -OCH3 is 1. The fourth-order valence-corrected chi connectivity index (χ4v) is 7.28. The van der Waals surface area contributed by atoms with Crippen molar-refractivity contribution in [1.82, 2.24) is 9.21 Å². The lowest BCUT2D eigenvalue weighted by Crippen LogP contribution is -2.46. The van der Waals surface area contributed by atoms with Gasteiger partial charge >= 0.3 is 0 Å². The molecule has 5 nitrogen and oxygen atoms in total. The number of rotatable bonds is 8. The maximum atomic E-state index is 13.1. The molecular weight excluding hydrogens is 456 g/mol. The second-order valence-electron chi connectivity index (χ2n) is 9.30. The molecule has 0 radical (unpaired) electrons. The van der Waals surface area contributed by atoms with Crippen molar-refractivity contribution in [3.63, 3.8) is 0 Å². The lowest BCUT2D eigenvalue weighted by atomic mass is 9.86. The summed E-state index contributed by atoms with van der Waals surface area (Å²) >= 11 is 6.18. The van der Waals surface area contributed by atoms with Crippen molar-refractivity contribution < 1.29 is 13.2 Å². The van der Waals surface area contributed by atoms with Crippen molar-refractivity contribution in [1.29, 1.82) is 0 Å². The number of sulfonamides is 1. The van der Waals surface area contributed by atoms with Crippen LogP contribution >= 0.6 is 11.6 Å². The van der Waals surface area contributed by atoms with Crippen LogP contribution in [0.3, 0.4) is 0 Å². The molecule has 0 amide bonds. The predicted molar refractivity (Wildman–Crippen MR) is 134 cm³/mol. The lowest BCUT2D eigenvalue weighted by Gasteiger charge is -2.39. The first-order valence-corrected chi connectivity index (χ1v) is 13.9. The first-order chi connectivity index (χ1) is 15.9. The summed E-state index contributed by atoms with van der Waals surface area (Å²) in [6.45, 7) is 5.50. The Labute approximate surface area is 203 Å². The number of halogens is 1. The third kappa shape index (κ3) is 5.56. The van der Waals surface area contributed by atoms with E-state index in [9.17, 15) is 8.42 Å². The van der Waals surface area contributed by atoms with E-state index in [2.05, 4.69) is 30.0 Å². The molecule has 0 saturated carbocycles. The molecule has 1 aliphatic carbocycles. The SMILES string of the molecule is CCCN(CC1CCN(S(=O)(=O)c2ccccc2Cl)CC1)C1CCc2cc(OC)ccc2C1. The highest BCUT2D eigenvalue weighted by Crippen LogP contribution is 2.31. The van der Waals surface area contributed by atoms with Crippen LogP contribution in [0.25, 0.3) is 0 Å². The van der Waals surface area contributed by atoms with Crippen LogP contribution in [0.4, 0.5) is 0 Å². The summed E-state index contributed by atoms with van der Waals surface area (Å²) < 4.78 is 33.1. The number of aryl methyl sites for hydroxylation is 1. The fraction of sp³-hybridized carbons (Fsp3) is 0.538. The maximum absolute atomic E-state index is 13.1. The van der Waals surface area contributed by atoms with Crippen molar-refractivity contribution in [2.24, 2.45) is 5.92 Å². The molecule has 4 rings (SSSR count). The molecule has 1 heterocycles. The Morgan fingerprint density at radius 3 is 2.55 bits per heavy atom. The highest BCUT2D eigenvalue weighted by Gasteiger charge is 2.32. The van der Waals surface area contributed by atoms with Crippen LogP contribution in [0.2, 0.25) is 5.02 Å².